The van der Waals surface area contributed by atoms with Gasteiger partial charge in [-0.3, -0.25) is 9.36 Å². The highest BCUT2D eigenvalue weighted by molar-refractivity contribution is 9.10. The second-order valence-electron chi connectivity index (χ2n) is 3.77. The minimum Gasteiger partial charge on any atom is -0.468 e. The van der Waals surface area contributed by atoms with Crippen molar-refractivity contribution in [3.05, 3.63) is 28.7 Å². The van der Waals surface area contributed by atoms with Gasteiger partial charge in [0.15, 0.2) is 0 Å². The van der Waals surface area contributed by atoms with Gasteiger partial charge in [-0.2, -0.15) is 0 Å². The number of carbonyl (C=O) groups is 1. The highest BCUT2D eigenvalue weighted by Gasteiger charge is 2.24. The molecule has 0 aliphatic rings. The van der Waals surface area contributed by atoms with Crippen LogP contribution in [-0.4, -0.2) is 25.8 Å². The van der Waals surface area contributed by atoms with E-state index in [1.807, 2.05) is 6.07 Å². The minimum absolute atomic E-state index is 0.458. The summed E-state index contributed by atoms with van der Waals surface area (Å²) in [6, 6.07) is 6.28. The molecule has 7 heteroatoms. The van der Waals surface area contributed by atoms with Crippen molar-refractivity contribution in [1.82, 2.24) is 5.09 Å². The third-order valence-corrected chi connectivity index (χ3v) is 3.97. The van der Waals surface area contributed by atoms with Crippen LogP contribution in [0.25, 0.3) is 0 Å². The maximum atomic E-state index is 12.2. The van der Waals surface area contributed by atoms with Crippen LogP contribution >= 0.6 is 23.4 Å². The smallest absolute Gasteiger partial charge is 0.323 e. The van der Waals surface area contributed by atoms with E-state index in [-0.39, 0.29) is 0 Å². The van der Waals surface area contributed by atoms with Gasteiger partial charge in [-0.15, -0.1) is 0 Å². The van der Waals surface area contributed by atoms with E-state index in [9.17, 15) is 9.36 Å². The Morgan fingerprint density at radius 3 is 2.72 bits per heavy atom. The standard InChI is InChI=1S/C11H15BrNO4P/c1-8(11(14)16-2)13-18(3,15)17-10-6-4-5-9(12)7-10/h4-8H,1-3H3,(H,13,15)/t8-,18?/m0/s1. The van der Waals surface area contributed by atoms with Gasteiger partial charge in [0, 0.05) is 11.1 Å². The van der Waals surface area contributed by atoms with E-state index < -0.39 is 19.5 Å². The molecule has 1 rings (SSSR count). The van der Waals surface area contributed by atoms with Crippen LogP contribution in [0.3, 0.4) is 0 Å². The molecular formula is C11H15BrNO4P. The normalized spacial score (nSPS) is 15.6. The Labute approximate surface area is 114 Å². The molecule has 0 saturated carbocycles. The van der Waals surface area contributed by atoms with E-state index in [4.69, 9.17) is 4.52 Å². The van der Waals surface area contributed by atoms with Crippen molar-refractivity contribution in [2.24, 2.45) is 0 Å². The topological polar surface area (TPSA) is 64.6 Å². The molecule has 5 nitrogen and oxygen atoms in total. The van der Waals surface area contributed by atoms with Crippen LogP contribution in [0.1, 0.15) is 6.92 Å². The summed E-state index contributed by atoms with van der Waals surface area (Å²) >= 11 is 3.29. The summed E-state index contributed by atoms with van der Waals surface area (Å²) in [7, 11) is -1.86. The Hall–Kier alpha value is -0.840. The van der Waals surface area contributed by atoms with E-state index in [1.165, 1.54) is 13.8 Å². The van der Waals surface area contributed by atoms with Gasteiger partial charge in [0.1, 0.15) is 11.8 Å². The lowest BCUT2D eigenvalue weighted by molar-refractivity contribution is -0.142. The predicted octanol–water partition coefficient (Wildman–Crippen LogP) is 2.80. The SMILES string of the molecule is COC(=O)[C@H](C)NP(C)(=O)Oc1cccc(Br)c1. The fraction of sp³-hybridized carbons (Fsp3) is 0.364. The van der Waals surface area contributed by atoms with Crippen LogP contribution in [0.5, 0.6) is 5.75 Å². The minimum atomic E-state index is -3.13. The van der Waals surface area contributed by atoms with E-state index in [1.54, 1.807) is 25.1 Å². The Morgan fingerprint density at radius 1 is 1.50 bits per heavy atom. The zero-order chi connectivity index (χ0) is 13.8. The highest BCUT2D eigenvalue weighted by atomic mass is 79.9. The van der Waals surface area contributed by atoms with Crippen LogP contribution in [0.4, 0.5) is 0 Å². The molecule has 1 unspecified atom stereocenters. The maximum absolute atomic E-state index is 12.2. The second kappa shape index (κ2) is 6.36. The lowest BCUT2D eigenvalue weighted by atomic mass is 10.3. The lowest BCUT2D eigenvalue weighted by Gasteiger charge is -2.19. The zero-order valence-electron chi connectivity index (χ0n) is 10.3. The summed E-state index contributed by atoms with van der Waals surface area (Å²) in [5.74, 6) is -0.0327. The molecule has 0 saturated heterocycles. The highest BCUT2D eigenvalue weighted by Crippen LogP contribution is 2.39. The monoisotopic (exact) mass is 335 g/mol. The van der Waals surface area contributed by atoms with Gasteiger partial charge in [0.25, 0.3) is 0 Å². The lowest BCUT2D eigenvalue weighted by Crippen LogP contribution is -2.33. The molecule has 0 amide bonds. The maximum Gasteiger partial charge on any atom is 0.323 e. The van der Waals surface area contributed by atoms with Crippen LogP contribution in [0, 0.1) is 0 Å². The first kappa shape index (κ1) is 15.2. The molecule has 1 N–H and O–H groups in total. The number of hydrogen-bond donors (Lipinski definition) is 1. The Bertz CT molecular complexity index is 480. The van der Waals surface area contributed by atoms with Crippen LogP contribution in [-0.2, 0) is 14.1 Å². The van der Waals surface area contributed by atoms with Crippen LogP contribution in [0.2, 0.25) is 0 Å². The summed E-state index contributed by atoms with van der Waals surface area (Å²) in [5.41, 5.74) is 0. The first-order valence-electron chi connectivity index (χ1n) is 5.22. The summed E-state index contributed by atoms with van der Waals surface area (Å²) in [6.07, 6.45) is 0. The number of ether oxygens (including phenoxy) is 1. The Balaban J connectivity index is 2.70. The molecule has 0 fully saturated rings. The van der Waals surface area contributed by atoms with Gasteiger partial charge in [-0.25, -0.2) is 5.09 Å². The van der Waals surface area contributed by atoms with Crippen molar-refractivity contribution in [3.63, 3.8) is 0 Å². The van der Waals surface area contributed by atoms with Crippen molar-refractivity contribution in [2.75, 3.05) is 13.8 Å². The Kier molecular flexibility index (Phi) is 5.38. The molecule has 0 aliphatic heterocycles. The number of benzene rings is 1. The molecule has 0 spiro atoms. The fourth-order valence-electron chi connectivity index (χ4n) is 1.33. The third kappa shape index (κ3) is 4.80. The van der Waals surface area contributed by atoms with Crippen molar-refractivity contribution in [1.29, 1.82) is 0 Å². The molecule has 0 heterocycles. The third-order valence-electron chi connectivity index (χ3n) is 2.06. The quantitative estimate of drug-likeness (QED) is 0.662. The number of hydrogen-bond acceptors (Lipinski definition) is 4. The number of nitrogens with one attached hydrogen (secondary N) is 1. The van der Waals surface area contributed by atoms with Crippen molar-refractivity contribution >= 4 is 29.4 Å². The van der Waals surface area contributed by atoms with Gasteiger partial charge in [-0.1, -0.05) is 22.0 Å². The zero-order valence-corrected chi connectivity index (χ0v) is 12.8. The molecule has 2 atom stereocenters. The van der Waals surface area contributed by atoms with Gasteiger partial charge in [-0.05, 0) is 25.1 Å². The van der Waals surface area contributed by atoms with E-state index >= 15 is 0 Å². The fourth-order valence-corrected chi connectivity index (χ4v) is 3.09. The van der Waals surface area contributed by atoms with Crippen molar-refractivity contribution in [2.45, 2.75) is 13.0 Å². The van der Waals surface area contributed by atoms with Crippen LogP contribution in [0.15, 0.2) is 28.7 Å². The van der Waals surface area contributed by atoms with E-state index in [0.717, 1.165) is 4.47 Å². The summed E-state index contributed by atoms with van der Waals surface area (Å²) in [4.78, 5) is 11.2. The van der Waals surface area contributed by atoms with Gasteiger partial charge < -0.3 is 9.26 Å². The molecule has 0 aliphatic carbocycles. The number of halogens is 1. The first-order chi connectivity index (χ1) is 8.34. The molecule has 1 aromatic carbocycles. The molecule has 1 aromatic rings. The molecule has 0 aromatic heterocycles. The summed E-state index contributed by atoms with van der Waals surface area (Å²) < 4.78 is 22.9. The molecule has 100 valence electrons. The predicted molar refractivity (Wildman–Crippen MR) is 72.9 cm³/mol. The number of rotatable bonds is 5. The number of carbonyl (C=O) groups excluding carboxylic acids is 1. The average molecular weight is 336 g/mol. The summed E-state index contributed by atoms with van der Waals surface area (Å²) in [6.45, 7) is 2.97. The van der Waals surface area contributed by atoms with E-state index in [0.29, 0.717) is 5.75 Å². The molecular weight excluding hydrogens is 321 g/mol. The van der Waals surface area contributed by atoms with Gasteiger partial charge in [0.05, 0.1) is 7.11 Å². The first-order valence-corrected chi connectivity index (χ1v) is 8.09. The Morgan fingerprint density at radius 2 is 2.17 bits per heavy atom. The second-order valence-corrected chi connectivity index (χ2v) is 6.82. The van der Waals surface area contributed by atoms with Gasteiger partial charge >= 0.3 is 13.5 Å². The molecule has 18 heavy (non-hydrogen) atoms. The van der Waals surface area contributed by atoms with Gasteiger partial charge in [0.2, 0.25) is 0 Å². The largest absolute Gasteiger partial charge is 0.468 e. The average Bonchev–Trinajstić information content (AvgIpc) is 2.26. The van der Waals surface area contributed by atoms with E-state index in [2.05, 4.69) is 25.8 Å². The molecule has 0 radical (unpaired) electrons. The number of methoxy groups -OCH3 is 1. The van der Waals surface area contributed by atoms with Crippen molar-refractivity contribution in [3.8, 4) is 5.75 Å². The van der Waals surface area contributed by atoms with Crippen molar-refractivity contribution < 1.29 is 18.6 Å². The number of esters is 1. The summed E-state index contributed by atoms with van der Waals surface area (Å²) in [5, 5.41) is 2.62. The van der Waals surface area contributed by atoms with Crippen LogP contribution < -0.4 is 9.61 Å². The molecule has 0 bridgehead atoms.